The Balaban J connectivity index is 1.23. The Morgan fingerprint density at radius 3 is 2.35 bits per heavy atom. The van der Waals surface area contributed by atoms with Gasteiger partial charge < -0.3 is 19.3 Å². The van der Waals surface area contributed by atoms with Gasteiger partial charge in [0, 0.05) is 51.4 Å². The molecule has 0 aliphatic carbocycles. The van der Waals surface area contributed by atoms with Crippen molar-refractivity contribution in [3.63, 3.8) is 0 Å². The number of anilines is 1. The smallest absolute Gasteiger partial charge is 0.265 e. The Morgan fingerprint density at radius 1 is 0.891 bits per heavy atom. The summed E-state index contributed by atoms with van der Waals surface area (Å²) in [6, 6.07) is 18.8. The van der Waals surface area contributed by atoms with Crippen molar-refractivity contribution in [2.45, 2.75) is 25.3 Å². The van der Waals surface area contributed by atoms with Crippen molar-refractivity contribution in [3.05, 3.63) is 81.8 Å². The molecule has 3 aromatic carbocycles. The van der Waals surface area contributed by atoms with Gasteiger partial charge in [0.1, 0.15) is 12.3 Å². The number of ether oxygens (including phenoxy) is 2. The minimum atomic E-state index is -0.331. The van der Waals surface area contributed by atoms with Crippen molar-refractivity contribution in [3.8, 4) is 16.9 Å². The fourth-order valence-corrected chi connectivity index (χ4v) is 6.59. The van der Waals surface area contributed by atoms with E-state index in [9.17, 15) is 14.4 Å². The van der Waals surface area contributed by atoms with Crippen LogP contribution in [-0.2, 0) is 14.3 Å². The summed E-state index contributed by atoms with van der Waals surface area (Å²) in [6.07, 6.45) is 3.27. The first kappa shape index (κ1) is 32.3. The molecule has 2 saturated heterocycles. The molecule has 3 amide bonds. The summed E-state index contributed by atoms with van der Waals surface area (Å²) in [5, 5.41) is 0.587. The average Bonchev–Trinajstić information content (AvgIpc) is 3.09. The van der Waals surface area contributed by atoms with E-state index in [1.165, 1.54) is 11.3 Å². The molecule has 0 bridgehead atoms. The first-order valence-corrected chi connectivity index (χ1v) is 16.5. The standard InChI is InChI=1S/C35H38Cl2N4O5/c1-38(33(42)22-41-30-19-28(36)29(37)20-32(30)46-23-34(41)43)31(21-39-14-16-45-17-15-39)25-10-8-24(9-11-25)26-6-5-7-27(18-26)35(44)40-12-3-2-4-13-40/h5-11,18-20,31H,2-4,12-17,21-23H2,1H3. The first-order chi connectivity index (χ1) is 22.3. The third kappa shape index (κ3) is 7.18. The van der Waals surface area contributed by atoms with Crippen LogP contribution in [-0.4, -0.2) is 98.6 Å². The highest BCUT2D eigenvalue weighted by molar-refractivity contribution is 6.42. The molecule has 3 aliphatic heterocycles. The van der Waals surface area contributed by atoms with E-state index in [0.29, 0.717) is 41.8 Å². The largest absolute Gasteiger partial charge is 0.482 e. The summed E-state index contributed by atoms with van der Waals surface area (Å²) in [4.78, 5) is 47.3. The van der Waals surface area contributed by atoms with Gasteiger partial charge in [0.05, 0.1) is 35.0 Å². The van der Waals surface area contributed by atoms with Crippen LogP contribution in [0.2, 0.25) is 10.0 Å². The van der Waals surface area contributed by atoms with E-state index in [2.05, 4.69) is 4.90 Å². The van der Waals surface area contributed by atoms with Crippen molar-refractivity contribution in [1.29, 1.82) is 0 Å². The second-order valence-electron chi connectivity index (χ2n) is 12.0. The maximum absolute atomic E-state index is 13.8. The lowest BCUT2D eigenvalue weighted by atomic mass is 9.98. The highest BCUT2D eigenvalue weighted by Gasteiger charge is 2.32. The van der Waals surface area contributed by atoms with Gasteiger partial charge >= 0.3 is 0 Å². The highest BCUT2D eigenvalue weighted by Crippen LogP contribution is 2.39. The number of piperidine rings is 1. The predicted molar refractivity (Wildman–Crippen MR) is 179 cm³/mol. The molecule has 9 nitrogen and oxygen atoms in total. The third-order valence-corrected chi connectivity index (χ3v) is 9.74. The SMILES string of the molecule is CN(C(=O)CN1C(=O)COc2cc(Cl)c(Cl)cc21)C(CN1CCOCC1)c1ccc(-c2cccc(C(=O)N3CCCCC3)c2)cc1. The number of halogens is 2. The maximum atomic E-state index is 13.8. The Kier molecular flexibility index (Phi) is 10.1. The van der Waals surface area contributed by atoms with Crippen molar-refractivity contribution in [1.82, 2.24) is 14.7 Å². The van der Waals surface area contributed by atoms with E-state index in [1.807, 2.05) is 53.4 Å². The van der Waals surface area contributed by atoms with Crippen LogP contribution >= 0.6 is 23.2 Å². The molecular formula is C35H38Cl2N4O5. The number of morpholine rings is 1. The van der Waals surface area contributed by atoms with Gasteiger partial charge in [-0.15, -0.1) is 0 Å². The van der Waals surface area contributed by atoms with Crippen molar-refractivity contribution < 1.29 is 23.9 Å². The van der Waals surface area contributed by atoms with E-state index >= 15 is 0 Å². The van der Waals surface area contributed by atoms with Gasteiger partial charge in [-0.2, -0.15) is 0 Å². The zero-order valence-corrected chi connectivity index (χ0v) is 27.4. The minimum absolute atomic E-state index is 0.0793. The molecule has 0 saturated carbocycles. The zero-order valence-electron chi connectivity index (χ0n) is 25.9. The first-order valence-electron chi connectivity index (χ1n) is 15.8. The van der Waals surface area contributed by atoms with Crippen molar-refractivity contribution in [2.75, 3.05) is 71.0 Å². The van der Waals surface area contributed by atoms with E-state index in [0.717, 1.165) is 55.7 Å². The van der Waals surface area contributed by atoms with Crippen LogP contribution < -0.4 is 9.64 Å². The second-order valence-corrected chi connectivity index (χ2v) is 12.8. The number of hydrogen-bond acceptors (Lipinski definition) is 6. The molecule has 1 unspecified atom stereocenters. The normalized spacial score (nSPS) is 17.7. The molecule has 0 spiro atoms. The number of carbonyl (C=O) groups excluding carboxylic acids is 3. The molecule has 242 valence electrons. The number of likely N-dealkylation sites (N-methyl/N-ethyl adjacent to an activating group) is 1. The summed E-state index contributed by atoms with van der Waals surface area (Å²) in [5.74, 6) is -0.0662. The number of fused-ring (bicyclic) bond motifs is 1. The molecule has 3 aliphatic rings. The molecular weight excluding hydrogens is 627 g/mol. The molecule has 3 aromatic rings. The lowest BCUT2D eigenvalue weighted by Gasteiger charge is -2.37. The van der Waals surface area contributed by atoms with Gasteiger partial charge in [-0.05, 0) is 54.2 Å². The summed E-state index contributed by atoms with van der Waals surface area (Å²) in [5.41, 5.74) is 4.04. The predicted octanol–water partition coefficient (Wildman–Crippen LogP) is 5.54. The minimum Gasteiger partial charge on any atom is -0.482 e. The average molecular weight is 666 g/mol. The monoisotopic (exact) mass is 664 g/mol. The molecule has 0 N–H and O–H groups in total. The summed E-state index contributed by atoms with van der Waals surface area (Å²) < 4.78 is 11.1. The Hall–Kier alpha value is -3.63. The molecule has 6 rings (SSSR count). The number of carbonyl (C=O) groups is 3. The van der Waals surface area contributed by atoms with Crippen molar-refractivity contribution >= 4 is 46.6 Å². The van der Waals surface area contributed by atoms with Gasteiger partial charge in [0.25, 0.3) is 11.8 Å². The Labute approximate surface area is 279 Å². The topological polar surface area (TPSA) is 82.6 Å². The molecule has 1 atom stereocenters. The van der Waals surface area contributed by atoms with Gasteiger partial charge in [0.2, 0.25) is 5.91 Å². The summed E-state index contributed by atoms with van der Waals surface area (Å²) >= 11 is 12.4. The molecule has 0 radical (unpaired) electrons. The highest BCUT2D eigenvalue weighted by atomic mass is 35.5. The third-order valence-electron chi connectivity index (χ3n) is 9.02. The van der Waals surface area contributed by atoms with Crippen LogP contribution in [0.3, 0.4) is 0 Å². The molecule has 46 heavy (non-hydrogen) atoms. The molecule has 2 fully saturated rings. The zero-order chi connectivity index (χ0) is 32.2. The fourth-order valence-electron chi connectivity index (χ4n) is 6.28. The molecule has 0 aromatic heterocycles. The Bertz CT molecular complexity index is 1590. The van der Waals surface area contributed by atoms with E-state index in [1.54, 1.807) is 24.1 Å². The van der Waals surface area contributed by atoms with Crippen LogP contribution in [0.25, 0.3) is 11.1 Å². The number of nitrogens with zero attached hydrogens (tertiary/aromatic N) is 4. The van der Waals surface area contributed by atoms with Gasteiger partial charge in [-0.3, -0.25) is 24.2 Å². The van der Waals surface area contributed by atoms with E-state index in [-0.39, 0.29) is 41.9 Å². The Morgan fingerprint density at radius 2 is 1.61 bits per heavy atom. The fraction of sp³-hybridized carbons (Fsp3) is 0.400. The second kappa shape index (κ2) is 14.4. The number of amides is 3. The lowest BCUT2D eigenvalue weighted by molar-refractivity contribution is -0.133. The van der Waals surface area contributed by atoms with Crippen LogP contribution in [0.4, 0.5) is 5.69 Å². The lowest BCUT2D eigenvalue weighted by Crippen LogP contribution is -2.48. The van der Waals surface area contributed by atoms with E-state index < -0.39 is 0 Å². The number of benzene rings is 3. The van der Waals surface area contributed by atoms with Crippen LogP contribution in [0.1, 0.15) is 41.2 Å². The summed E-state index contributed by atoms with van der Waals surface area (Å²) in [6.45, 7) is 4.68. The quantitative estimate of drug-likeness (QED) is 0.314. The number of rotatable bonds is 8. The number of likely N-dealkylation sites (tertiary alicyclic amines) is 1. The van der Waals surface area contributed by atoms with Crippen LogP contribution in [0.5, 0.6) is 5.75 Å². The van der Waals surface area contributed by atoms with Crippen LogP contribution in [0.15, 0.2) is 60.7 Å². The van der Waals surface area contributed by atoms with Gasteiger partial charge in [-0.1, -0.05) is 59.6 Å². The van der Waals surface area contributed by atoms with Gasteiger partial charge in [0.15, 0.2) is 6.61 Å². The van der Waals surface area contributed by atoms with Gasteiger partial charge in [-0.25, -0.2) is 0 Å². The maximum Gasteiger partial charge on any atom is 0.265 e. The van der Waals surface area contributed by atoms with Crippen molar-refractivity contribution in [2.24, 2.45) is 0 Å². The molecule has 3 heterocycles. The van der Waals surface area contributed by atoms with E-state index in [4.69, 9.17) is 32.7 Å². The van der Waals surface area contributed by atoms with Crippen LogP contribution in [0, 0.1) is 0 Å². The number of hydrogen-bond donors (Lipinski definition) is 0. The summed E-state index contributed by atoms with van der Waals surface area (Å²) in [7, 11) is 1.78. The molecule has 11 heteroatoms.